The van der Waals surface area contributed by atoms with Gasteiger partial charge in [0.15, 0.2) is 0 Å². The van der Waals surface area contributed by atoms with E-state index in [1.54, 1.807) is 6.20 Å². The van der Waals surface area contributed by atoms with Crippen LogP contribution in [-0.2, 0) is 6.54 Å². The van der Waals surface area contributed by atoms with E-state index in [0.717, 1.165) is 66.1 Å². The van der Waals surface area contributed by atoms with E-state index in [0.29, 0.717) is 16.9 Å². The fourth-order valence-corrected chi connectivity index (χ4v) is 5.74. The van der Waals surface area contributed by atoms with Gasteiger partial charge in [-0.15, -0.1) is 0 Å². The average Bonchev–Trinajstić information content (AvgIpc) is 3.53. The molecule has 0 atom stereocenters. The lowest BCUT2D eigenvalue weighted by Gasteiger charge is -2.32. The van der Waals surface area contributed by atoms with Crippen LogP contribution < -0.4 is 5.56 Å². The lowest BCUT2D eigenvalue weighted by molar-refractivity contribution is 0.173. The number of hydrogen-bond acceptors (Lipinski definition) is 5. The van der Waals surface area contributed by atoms with Crippen molar-refractivity contribution in [3.05, 3.63) is 126 Å². The Balaban J connectivity index is 1.06. The van der Waals surface area contributed by atoms with Gasteiger partial charge in [0, 0.05) is 54.9 Å². The Morgan fingerprint density at radius 2 is 1.66 bits per heavy atom. The van der Waals surface area contributed by atoms with Gasteiger partial charge in [-0.2, -0.15) is 5.10 Å². The van der Waals surface area contributed by atoms with Crippen LogP contribution in [0.25, 0.3) is 44.5 Å². The summed E-state index contributed by atoms with van der Waals surface area (Å²) < 4.78 is 2.12. The maximum atomic E-state index is 12.5. The Bertz CT molecular complexity index is 1840. The molecule has 0 saturated carbocycles. The van der Waals surface area contributed by atoms with Crippen molar-refractivity contribution in [3.8, 4) is 33.6 Å². The quantitative estimate of drug-likeness (QED) is 0.267. The summed E-state index contributed by atoms with van der Waals surface area (Å²) in [6.45, 7) is 2.98. The van der Waals surface area contributed by atoms with Gasteiger partial charge in [0.2, 0.25) is 0 Å². The molecule has 2 aromatic carbocycles. The number of aromatic nitrogens is 5. The second-order valence-corrected chi connectivity index (χ2v) is 10.6. The normalized spacial score (nSPS) is 14.4. The van der Waals surface area contributed by atoms with Crippen LogP contribution in [0.2, 0.25) is 0 Å². The third-order valence-electron chi connectivity index (χ3n) is 7.96. The first-order valence-electron chi connectivity index (χ1n) is 14.1. The molecule has 0 amide bonds. The number of benzene rings is 2. The minimum absolute atomic E-state index is 0.126. The van der Waals surface area contributed by atoms with E-state index >= 15 is 0 Å². The van der Waals surface area contributed by atoms with Crippen molar-refractivity contribution in [1.29, 1.82) is 0 Å². The lowest BCUT2D eigenvalue weighted by Crippen LogP contribution is -2.34. The second kappa shape index (κ2) is 10.9. The largest absolute Gasteiger partial charge is 0.328 e. The van der Waals surface area contributed by atoms with Crippen molar-refractivity contribution < 1.29 is 0 Å². The fourth-order valence-electron chi connectivity index (χ4n) is 5.74. The third-order valence-corrected chi connectivity index (χ3v) is 7.96. The Labute approximate surface area is 238 Å². The molecular weight excluding hydrogens is 508 g/mol. The van der Waals surface area contributed by atoms with Gasteiger partial charge < -0.3 is 4.98 Å². The first kappa shape index (κ1) is 25.1. The van der Waals surface area contributed by atoms with Crippen LogP contribution >= 0.6 is 0 Å². The van der Waals surface area contributed by atoms with E-state index in [1.807, 2.05) is 60.9 Å². The molecule has 7 rings (SSSR count). The van der Waals surface area contributed by atoms with Crippen LogP contribution in [0, 0.1) is 0 Å². The molecule has 0 spiro atoms. The zero-order valence-electron chi connectivity index (χ0n) is 22.6. The van der Waals surface area contributed by atoms with Gasteiger partial charge in [-0.1, -0.05) is 60.7 Å². The summed E-state index contributed by atoms with van der Waals surface area (Å²) in [5.41, 5.74) is 7.79. The highest BCUT2D eigenvalue weighted by Gasteiger charge is 2.22. The van der Waals surface area contributed by atoms with Crippen LogP contribution in [-0.4, -0.2) is 42.7 Å². The molecule has 0 unspecified atom stereocenters. The van der Waals surface area contributed by atoms with Crippen LogP contribution in [0.3, 0.4) is 0 Å². The van der Waals surface area contributed by atoms with Gasteiger partial charge in [0.1, 0.15) is 0 Å². The summed E-state index contributed by atoms with van der Waals surface area (Å²) in [5, 5.41) is 5.25. The molecule has 0 aliphatic carbocycles. The molecule has 1 aliphatic heterocycles. The van der Waals surface area contributed by atoms with Crippen molar-refractivity contribution >= 4 is 10.9 Å². The van der Waals surface area contributed by atoms with Crippen molar-refractivity contribution in [3.63, 3.8) is 0 Å². The Hall–Kier alpha value is -4.88. The molecule has 5 heterocycles. The zero-order chi connectivity index (χ0) is 27.6. The molecule has 1 fully saturated rings. The molecule has 7 heteroatoms. The summed E-state index contributed by atoms with van der Waals surface area (Å²) in [4.78, 5) is 27.2. The van der Waals surface area contributed by atoms with Crippen molar-refractivity contribution in [2.75, 3.05) is 13.1 Å². The van der Waals surface area contributed by atoms with E-state index in [9.17, 15) is 4.79 Å². The predicted octanol–water partition coefficient (Wildman–Crippen LogP) is 6.35. The summed E-state index contributed by atoms with van der Waals surface area (Å²) in [7, 11) is 0. The van der Waals surface area contributed by atoms with E-state index < -0.39 is 0 Å². The molecule has 6 aromatic rings. The molecule has 41 heavy (non-hydrogen) atoms. The minimum atomic E-state index is -0.126. The Kier molecular flexibility index (Phi) is 6.70. The summed E-state index contributed by atoms with van der Waals surface area (Å²) in [6, 6.07) is 29.0. The third kappa shape index (κ3) is 5.19. The SMILES string of the molecule is O=c1[nH]ccc2nc(-c3ccc(CN4CCC(n5cc(-c6ccccn6)cn5)CC4)cc3)c(-c3ccccc3)cc12. The standard InChI is InChI=1S/C34H30N6O/c41-34-30-20-29(25-6-2-1-3-7-25)33(38-32(30)13-17-36-34)26-11-9-24(10-12-26)22-39-18-14-28(15-19-39)40-23-27(21-37-40)31-8-4-5-16-35-31/h1-13,16-17,20-21,23,28H,14-15,18-19,22H2,(H,36,41). The van der Waals surface area contributed by atoms with Gasteiger partial charge >= 0.3 is 0 Å². The second-order valence-electron chi connectivity index (χ2n) is 10.6. The monoisotopic (exact) mass is 538 g/mol. The number of nitrogens with one attached hydrogen (secondary N) is 1. The number of piperidine rings is 1. The first-order valence-corrected chi connectivity index (χ1v) is 14.1. The number of fused-ring (bicyclic) bond motifs is 1. The number of nitrogens with zero attached hydrogens (tertiary/aromatic N) is 5. The van der Waals surface area contributed by atoms with Crippen LogP contribution in [0.15, 0.2) is 115 Å². The minimum Gasteiger partial charge on any atom is -0.328 e. The lowest BCUT2D eigenvalue weighted by atomic mass is 9.97. The maximum absolute atomic E-state index is 12.5. The molecule has 0 bridgehead atoms. The highest BCUT2D eigenvalue weighted by molar-refractivity contribution is 5.91. The zero-order valence-corrected chi connectivity index (χ0v) is 22.6. The molecule has 1 saturated heterocycles. The maximum Gasteiger partial charge on any atom is 0.257 e. The molecule has 7 nitrogen and oxygen atoms in total. The van der Waals surface area contributed by atoms with Crippen molar-refractivity contribution in [2.45, 2.75) is 25.4 Å². The van der Waals surface area contributed by atoms with Gasteiger partial charge in [-0.3, -0.25) is 19.4 Å². The molecule has 1 N–H and O–H groups in total. The van der Waals surface area contributed by atoms with E-state index in [4.69, 9.17) is 4.98 Å². The molecule has 202 valence electrons. The van der Waals surface area contributed by atoms with E-state index in [-0.39, 0.29) is 5.56 Å². The number of H-pyrrole nitrogens is 1. The van der Waals surface area contributed by atoms with E-state index in [1.165, 1.54) is 5.56 Å². The summed E-state index contributed by atoms with van der Waals surface area (Å²) in [6.07, 6.45) is 9.66. The highest BCUT2D eigenvalue weighted by atomic mass is 16.1. The van der Waals surface area contributed by atoms with Crippen molar-refractivity contribution in [2.24, 2.45) is 0 Å². The van der Waals surface area contributed by atoms with E-state index in [2.05, 4.69) is 67.2 Å². The molecule has 4 aromatic heterocycles. The molecular formula is C34H30N6O. The van der Waals surface area contributed by atoms with Gasteiger partial charge in [0.05, 0.1) is 34.5 Å². The summed E-state index contributed by atoms with van der Waals surface area (Å²) >= 11 is 0. The average molecular weight is 539 g/mol. The van der Waals surface area contributed by atoms with Crippen LogP contribution in [0.1, 0.15) is 24.4 Å². The Morgan fingerprint density at radius 1 is 0.854 bits per heavy atom. The van der Waals surface area contributed by atoms with Gasteiger partial charge in [-0.25, -0.2) is 4.98 Å². The van der Waals surface area contributed by atoms with Crippen molar-refractivity contribution in [1.82, 2.24) is 29.6 Å². The summed E-state index contributed by atoms with van der Waals surface area (Å²) in [5.74, 6) is 0. The molecule has 1 aliphatic rings. The number of rotatable bonds is 6. The first-order chi connectivity index (χ1) is 20.2. The highest BCUT2D eigenvalue weighted by Crippen LogP contribution is 2.33. The number of hydrogen-bond donors (Lipinski definition) is 1. The van der Waals surface area contributed by atoms with Gasteiger partial charge in [0.25, 0.3) is 5.56 Å². The molecule has 0 radical (unpaired) electrons. The van der Waals surface area contributed by atoms with Crippen LogP contribution in [0.5, 0.6) is 0 Å². The number of likely N-dealkylation sites (tertiary alicyclic amines) is 1. The van der Waals surface area contributed by atoms with Gasteiger partial charge in [-0.05, 0) is 48.2 Å². The Morgan fingerprint density at radius 3 is 2.44 bits per heavy atom. The predicted molar refractivity (Wildman–Crippen MR) is 162 cm³/mol. The fraction of sp³-hybridized carbons (Fsp3) is 0.176. The number of pyridine rings is 3. The number of aromatic amines is 1. The topological polar surface area (TPSA) is 79.7 Å². The van der Waals surface area contributed by atoms with Crippen LogP contribution in [0.4, 0.5) is 0 Å². The smallest absolute Gasteiger partial charge is 0.257 e.